The van der Waals surface area contributed by atoms with Gasteiger partial charge >= 0.3 is 0 Å². The Morgan fingerprint density at radius 2 is 1.93 bits per heavy atom. The number of aliphatic hydroxyl groups excluding tert-OH is 1. The third-order valence-corrected chi connectivity index (χ3v) is 6.34. The molecule has 146 valence electrons. The molecule has 2 amide bonds. The minimum absolute atomic E-state index is 0.00175. The Hall–Kier alpha value is -1.79. The van der Waals surface area contributed by atoms with Gasteiger partial charge in [-0.25, -0.2) is 0 Å². The Kier molecular flexibility index (Phi) is 5.03. The number of rotatable bonds is 1. The number of halogens is 1. The first kappa shape index (κ1) is 18.6. The molecule has 0 radical (unpaired) electrons. The van der Waals surface area contributed by atoms with Gasteiger partial charge in [-0.15, -0.1) is 0 Å². The zero-order valence-corrected chi connectivity index (χ0v) is 16.0. The van der Waals surface area contributed by atoms with Crippen LogP contribution in [-0.4, -0.2) is 53.2 Å². The predicted octanol–water partition coefficient (Wildman–Crippen LogP) is 2.37. The Balaban J connectivity index is 1.43. The van der Waals surface area contributed by atoms with Crippen molar-refractivity contribution in [2.24, 2.45) is 5.92 Å². The number of carbonyl (C=O) groups excluding carboxylic acids is 2. The van der Waals surface area contributed by atoms with E-state index < -0.39 is 5.60 Å². The van der Waals surface area contributed by atoms with E-state index in [4.69, 9.17) is 16.3 Å². The molecule has 2 heterocycles. The lowest BCUT2D eigenvalue weighted by atomic mass is 9.77. The molecule has 3 aliphatic rings. The fourth-order valence-electron chi connectivity index (χ4n) is 4.39. The minimum Gasteiger partial charge on any atom is -0.485 e. The van der Waals surface area contributed by atoms with Crippen LogP contribution < -0.4 is 10.1 Å². The van der Waals surface area contributed by atoms with Crippen LogP contribution in [0.3, 0.4) is 0 Å². The molecule has 1 aliphatic carbocycles. The SMILES string of the molecule is O=C1NCC2(CCC(C(=O)N3CCC(O)CC3)CC2)Oc2ccc(Cl)cc21. The average molecular weight is 393 g/mol. The van der Waals surface area contributed by atoms with Gasteiger partial charge in [-0.3, -0.25) is 9.59 Å². The zero-order valence-electron chi connectivity index (χ0n) is 15.2. The summed E-state index contributed by atoms with van der Waals surface area (Å²) >= 11 is 6.02. The van der Waals surface area contributed by atoms with E-state index in [2.05, 4.69) is 5.32 Å². The summed E-state index contributed by atoms with van der Waals surface area (Å²) in [5, 5.41) is 13.1. The Morgan fingerprint density at radius 3 is 2.63 bits per heavy atom. The summed E-state index contributed by atoms with van der Waals surface area (Å²) in [6, 6.07) is 5.11. The number of amides is 2. The zero-order chi connectivity index (χ0) is 19.0. The number of ether oxygens (including phenoxy) is 1. The summed E-state index contributed by atoms with van der Waals surface area (Å²) in [6.07, 6.45) is 3.99. The van der Waals surface area contributed by atoms with Crippen LogP contribution in [0.1, 0.15) is 48.9 Å². The summed E-state index contributed by atoms with van der Waals surface area (Å²) in [6.45, 7) is 1.72. The van der Waals surface area contributed by atoms with Gasteiger partial charge in [0.05, 0.1) is 18.2 Å². The smallest absolute Gasteiger partial charge is 0.255 e. The molecule has 2 fully saturated rings. The molecule has 0 bridgehead atoms. The highest BCUT2D eigenvalue weighted by atomic mass is 35.5. The van der Waals surface area contributed by atoms with Crippen LogP contribution in [-0.2, 0) is 4.79 Å². The van der Waals surface area contributed by atoms with Gasteiger partial charge in [-0.2, -0.15) is 0 Å². The number of hydrogen-bond donors (Lipinski definition) is 2. The van der Waals surface area contributed by atoms with Crippen molar-refractivity contribution in [1.82, 2.24) is 10.2 Å². The van der Waals surface area contributed by atoms with Crippen LogP contribution in [0.15, 0.2) is 18.2 Å². The number of benzene rings is 1. The summed E-state index contributed by atoms with van der Waals surface area (Å²) in [7, 11) is 0. The highest BCUT2D eigenvalue weighted by Gasteiger charge is 2.42. The molecule has 1 saturated carbocycles. The van der Waals surface area contributed by atoms with Crippen molar-refractivity contribution >= 4 is 23.4 Å². The molecule has 0 unspecified atom stereocenters. The van der Waals surface area contributed by atoms with Gasteiger partial charge in [0.15, 0.2) is 0 Å². The number of nitrogens with one attached hydrogen (secondary N) is 1. The number of likely N-dealkylation sites (tertiary alicyclic amines) is 1. The van der Waals surface area contributed by atoms with Crippen LogP contribution in [0.2, 0.25) is 5.02 Å². The van der Waals surface area contributed by atoms with Crippen molar-refractivity contribution in [1.29, 1.82) is 0 Å². The quantitative estimate of drug-likeness (QED) is 0.769. The topological polar surface area (TPSA) is 78.9 Å². The lowest BCUT2D eigenvalue weighted by Crippen LogP contribution is -2.50. The molecule has 27 heavy (non-hydrogen) atoms. The van der Waals surface area contributed by atoms with Gasteiger partial charge in [0.2, 0.25) is 5.91 Å². The third-order valence-electron chi connectivity index (χ3n) is 6.11. The molecule has 6 nitrogen and oxygen atoms in total. The number of hydrogen-bond acceptors (Lipinski definition) is 4. The first-order chi connectivity index (χ1) is 13.0. The minimum atomic E-state index is -0.469. The second-order valence-electron chi connectivity index (χ2n) is 7.94. The summed E-state index contributed by atoms with van der Waals surface area (Å²) in [5.41, 5.74) is -0.00619. The first-order valence-electron chi connectivity index (χ1n) is 9.69. The third kappa shape index (κ3) is 3.78. The van der Waals surface area contributed by atoms with E-state index in [-0.39, 0.29) is 23.8 Å². The van der Waals surface area contributed by atoms with Crippen LogP contribution in [0.5, 0.6) is 5.75 Å². The molecule has 1 aromatic rings. The maximum atomic E-state index is 12.8. The Labute approximate surface area is 163 Å². The number of fused-ring (bicyclic) bond motifs is 1. The van der Waals surface area contributed by atoms with Crippen LogP contribution in [0.25, 0.3) is 0 Å². The fraction of sp³-hybridized carbons (Fsp3) is 0.600. The average Bonchev–Trinajstić information content (AvgIpc) is 2.80. The van der Waals surface area contributed by atoms with Crippen molar-refractivity contribution in [2.45, 2.75) is 50.2 Å². The number of nitrogens with zero attached hydrogens (tertiary/aromatic N) is 1. The Morgan fingerprint density at radius 1 is 1.22 bits per heavy atom. The molecular formula is C20H25ClN2O4. The van der Waals surface area contributed by atoms with Crippen LogP contribution in [0.4, 0.5) is 0 Å². The second kappa shape index (κ2) is 7.32. The number of piperidine rings is 1. The molecular weight excluding hydrogens is 368 g/mol. The van der Waals surface area contributed by atoms with E-state index in [9.17, 15) is 14.7 Å². The van der Waals surface area contributed by atoms with Gasteiger partial charge in [-0.05, 0) is 56.7 Å². The number of aliphatic hydroxyl groups is 1. The van der Waals surface area contributed by atoms with E-state index in [1.807, 2.05) is 4.90 Å². The van der Waals surface area contributed by atoms with E-state index in [0.29, 0.717) is 48.8 Å². The molecule has 1 spiro atoms. The van der Waals surface area contributed by atoms with Crippen molar-refractivity contribution in [3.05, 3.63) is 28.8 Å². The van der Waals surface area contributed by atoms with Crippen molar-refractivity contribution < 1.29 is 19.4 Å². The largest absolute Gasteiger partial charge is 0.485 e. The van der Waals surface area contributed by atoms with E-state index in [1.54, 1.807) is 18.2 Å². The molecule has 2 aliphatic heterocycles. The monoisotopic (exact) mass is 392 g/mol. The molecule has 0 atom stereocenters. The standard InChI is InChI=1S/C20H25ClN2O4/c21-14-1-2-17-16(11-14)18(25)22-12-20(27-17)7-3-13(4-8-20)19(26)23-9-5-15(24)6-10-23/h1-2,11,13,15,24H,3-10,12H2,(H,22,25). The summed E-state index contributed by atoms with van der Waals surface area (Å²) in [5.74, 6) is 0.582. The van der Waals surface area contributed by atoms with Gasteiger partial charge < -0.3 is 20.1 Å². The Bertz CT molecular complexity index is 737. The molecule has 1 aromatic carbocycles. The number of carbonyl (C=O) groups is 2. The van der Waals surface area contributed by atoms with Crippen molar-refractivity contribution in [3.8, 4) is 5.75 Å². The normalized spacial score (nSPS) is 28.9. The highest BCUT2D eigenvalue weighted by Crippen LogP contribution is 2.39. The maximum absolute atomic E-state index is 12.8. The first-order valence-corrected chi connectivity index (χ1v) is 10.1. The fourth-order valence-corrected chi connectivity index (χ4v) is 4.56. The molecule has 7 heteroatoms. The lowest BCUT2D eigenvalue weighted by Gasteiger charge is -2.40. The van der Waals surface area contributed by atoms with Gasteiger partial charge in [-0.1, -0.05) is 11.6 Å². The van der Waals surface area contributed by atoms with Gasteiger partial charge in [0.25, 0.3) is 5.91 Å². The lowest BCUT2D eigenvalue weighted by molar-refractivity contribution is -0.140. The van der Waals surface area contributed by atoms with E-state index in [0.717, 1.165) is 25.7 Å². The van der Waals surface area contributed by atoms with Gasteiger partial charge in [0.1, 0.15) is 11.4 Å². The van der Waals surface area contributed by atoms with Crippen LogP contribution >= 0.6 is 11.6 Å². The molecule has 2 N–H and O–H groups in total. The van der Waals surface area contributed by atoms with Gasteiger partial charge in [0, 0.05) is 24.0 Å². The van der Waals surface area contributed by atoms with Crippen molar-refractivity contribution in [2.75, 3.05) is 19.6 Å². The molecule has 0 aromatic heterocycles. The highest BCUT2D eigenvalue weighted by molar-refractivity contribution is 6.31. The summed E-state index contributed by atoms with van der Waals surface area (Å²) in [4.78, 5) is 27.1. The van der Waals surface area contributed by atoms with E-state index in [1.165, 1.54) is 0 Å². The van der Waals surface area contributed by atoms with Crippen molar-refractivity contribution in [3.63, 3.8) is 0 Å². The van der Waals surface area contributed by atoms with Crippen LogP contribution in [0, 0.1) is 5.92 Å². The second-order valence-corrected chi connectivity index (χ2v) is 8.38. The molecule has 4 rings (SSSR count). The molecule has 1 saturated heterocycles. The van der Waals surface area contributed by atoms with E-state index >= 15 is 0 Å². The maximum Gasteiger partial charge on any atom is 0.255 e. The predicted molar refractivity (Wildman–Crippen MR) is 101 cm³/mol. The summed E-state index contributed by atoms with van der Waals surface area (Å²) < 4.78 is 6.30.